The molecule has 0 radical (unpaired) electrons. The van der Waals surface area contributed by atoms with Gasteiger partial charge in [-0.15, -0.1) is 0 Å². The molecule has 0 atom stereocenters. The Labute approximate surface area is 890 Å². The van der Waals surface area contributed by atoms with E-state index in [9.17, 15) is 0 Å². The van der Waals surface area contributed by atoms with Crippen LogP contribution in [0.4, 0.5) is 34.1 Å². The van der Waals surface area contributed by atoms with Gasteiger partial charge in [0.1, 0.15) is 0 Å². The van der Waals surface area contributed by atoms with Crippen molar-refractivity contribution in [2.45, 2.75) is 324 Å². The van der Waals surface area contributed by atoms with Crippen molar-refractivity contribution in [3.63, 3.8) is 0 Å². The van der Waals surface area contributed by atoms with Crippen LogP contribution in [-0.2, 0) is 54.1 Å². The summed E-state index contributed by atoms with van der Waals surface area (Å²) < 4.78 is 0. The first-order valence-electron chi connectivity index (χ1n) is 55.5. The topological polar surface area (TPSA) is 6.48 Å². The Morgan fingerprint density at radius 3 is 0.791 bits per heavy atom. The fraction of sp³-hybridized carbons (Fsp3) is 0.342. The lowest BCUT2D eigenvalue weighted by atomic mass is 9.77. The lowest BCUT2D eigenvalue weighted by Gasteiger charge is -2.30. The molecule has 0 heterocycles. The van der Waals surface area contributed by atoms with Gasteiger partial charge in [-0.1, -0.05) is 481 Å². The number of benzene rings is 16. The van der Waals surface area contributed by atoms with Crippen molar-refractivity contribution in [1.29, 1.82) is 0 Å². The number of hydrogen-bond donors (Lipinski definition) is 0. The largest absolute Gasteiger partial charge is 0.310 e. The first-order chi connectivity index (χ1) is 69.8. The molecule has 2 fully saturated rings. The van der Waals surface area contributed by atoms with Crippen LogP contribution in [0.2, 0.25) is 0 Å². The average molecular weight is 1940 g/mol. The maximum absolute atomic E-state index is 2.54. The number of nitrogens with zero attached hydrogens (tertiary/aromatic N) is 2. The van der Waals surface area contributed by atoms with Crippen LogP contribution in [0.25, 0.3) is 111 Å². The molecule has 0 spiro atoms. The van der Waals surface area contributed by atoms with E-state index in [4.69, 9.17) is 0 Å². The number of anilines is 6. The summed E-state index contributed by atoms with van der Waals surface area (Å²) in [7, 11) is 0. The standard InChI is InChI=1S/2C73H81N/c1-69(2,3)57-39-52(37-53(40-57)54-38-55(42-58(41-54)70(4,5)6)56-43-59(71(7,8)9)46-60(44-56)72(10,11)12)50-27-23-29-61(45-50)74(62-34-35-65-64-31-18-20-32-66(64)73(13,14)67(65)47-62)68-33-21-19-30-63(68)51-28-22-26-49(36-51)48-24-16-15-17-25-48;1-69(2,3)58-38-53(36-54(39-58)55-37-56(41-59(40-55)70(4,5)6)57-42-60(71(7,8)9)46-61(43-57)72(10,11)12)52-25-21-27-63(45-52)74(64-34-35-66-65-28-18-19-29-67(65)73(13,14)68(66)47-64)62-26-20-24-51(44-62)50-32-30-49(31-33-50)48-22-16-15-17-23-48/h18-23,26-48H,15-17,24-25H2,1-14H3;18-21,24-48H,15-17,22-23H2,1-14H3. The minimum Gasteiger partial charge on any atom is -0.310 e. The molecular formula is C146H162N2. The molecule has 4 aliphatic rings. The lowest BCUT2D eigenvalue weighted by molar-refractivity contribution is 0.443. The molecule has 0 aromatic heterocycles. The minimum atomic E-state index is -0.137. The van der Waals surface area contributed by atoms with E-state index in [1.807, 2.05) is 0 Å². The van der Waals surface area contributed by atoms with Crippen LogP contribution < -0.4 is 9.80 Å². The molecule has 148 heavy (non-hydrogen) atoms. The summed E-state index contributed by atoms with van der Waals surface area (Å²) in [5.74, 6) is 1.31. The summed E-state index contributed by atoms with van der Waals surface area (Å²) in [5.41, 5.74) is 51.1. The monoisotopic (exact) mass is 1940 g/mol. The second-order valence-corrected chi connectivity index (χ2v) is 53.4. The van der Waals surface area contributed by atoms with Crippen molar-refractivity contribution in [1.82, 2.24) is 0 Å². The smallest absolute Gasteiger partial charge is 0.0540 e. The van der Waals surface area contributed by atoms with Crippen LogP contribution in [0, 0.1) is 0 Å². The highest BCUT2D eigenvalue weighted by atomic mass is 15.2. The minimum absolute atomic E-state index is 0.0191. The van der Waals surface area contributed by atoms with E-state index in [-0.39, 0.29) is 54.1 Å². The van der Waals surface area contributed by atoms with Gasteiger partial charge in [0.15, 0.2) is 0 Å². The molecule has 0 amide bonds. The van der Waals surface area contributed by atoms with Gasteiger partial charge >= 0.3 is 0 Å². The van der Waals surface area contributed by atoms with Crippen LogP contribution in [0.5, 0.6) is 0 Å². The fourth-order valence-corrected chi connectivity index (χ4v) is 23.6. The van der Waals surface area contributed by atoms with Crippen molar-refractivity contribution in [2.75, 3.05) is 9.80 Å². The third-order valence-corrected chi connectivity index (χ3v) is 33.2. The van der Waals surface area contributed by atoms with Gasteiger partial charge in [-0.3, -0.25) is 0 Å². The van der Waals surface area contributed by atoms with Crippen LogP contribution in [0.15, 0.2) is 340 Å². The number of rotatable bonds is 16. The molecule has 0 bridgehead atoms. The molecule has 0 unspecified atom stereocenters. The molecule has 756 valence electrons. The summed E-state index contributed by atoms with van der Waals surface area (Å²) in [4.78, 5) is 5.03. The van der Waals surface area contributed by atoms with Gasteiger partial charge in [-0.25, -0.2) is 0 Å². The summed E-state index contributed by atoms with van der Waals surface area (Å²) >= 11 is 0. The van der Waals surface area contributed by atoms with Crippen molar-refractivity contribution in [3.8, 4) is 111 Å². The zero-order chi connectivity index (χ0) is 105. The number of hydrogen-bond acceptors (Lipinski definition) is 2. The summed E-state index contributed by atoms with van der Waals surface area (Å²) in [5, 5.41) is 0. The summed E-state index contributed by atoms with van der Waals surface area (Å²) in [6.07, 6.45) is 13.2. The van der Waals surface area contributed by atoms with Crippen molar-refractivity contribution >= 4 is 34.1 Å². The van der Waals surface area contributed by atoms with Crippen molar-refractivity contribution in [3.05, 3.63) is 418 Å². The fourth-order valence-electron chi connectivity index (χ4n) is 23.6. The SMILES string of the molecule is CC(C)(C)c1cc(-c2cccc(N(c3ccc4c(c3)C(C)(C)c3ccccc3-4)c3ccccc3-c3cccc(C4CCCCC4)c3)c2)cc(-c2cc(-c3cc(C(C)(C)C)cc(C(C)(C)C)c3)cc(C(C)(C)C)c2)c1.CC(C)(C)c1cc(-c2cccc(N(c3cccc(-c4ccc(C5CCCCC5)cc4)c3)c3ccc4c(c3)C(C)(C)c3ccccc3-4)c2)cc(-c2cc(-c3cc(C(C)(C)C)cc(C(C)(C)C)c3)cc(C(C)(C)C)c2)c1. The van der Waals surface area contributed by atoms with Gasteiger partial charge in [0, 0.05) is 44.8 Å². The highest BCUT2D eigenvalue weighted by Gasteiger charge is 2.40. The second kappa shape index (κ2) is 39.6. The van der Waals surface area contributed by atoms with E-state index >= 15 is 0 Å². The maximum Gasteiger partial charge on any atom is 0.0540 e. The van der Waals surface area contributed by atoms with Crippen LogP contribution in [-0.4, -0.2) is 0 Å². The highest BCUT2D eigenvalue weighted by molar-refractivity contribution is 5.94. The predicted molar refractivity (Wildman–Crippen MR) is 642 cm³/mol. The Morgan fingerprint density at radius 2 is 0.439 bits per heavy atom. The molecule has 0 saturated heterocycles. The van der Waals surface area contributed by atoms with E-state index in [1.165, 1.54) is 265 Å². The molecule has 2 nitrogen and oxygen atoms in total. The van der Waals surface area contributed by atoms with Gasteiger partial charge in [-0.2, -0.15) is 0 Å². The molecule has 2 saturated carbocycles. The predicted octanol–water partition coefficient (Wildman–Crippen LogP) is 42.7. The molecule has 16 aromatic rings. The van der Waals surface area contributed by atoms with Crippen molar-refractivity contribution < 1.29 is 0 Å². The third kappa shape index (κ3) is 21.6. The highest BCUT2D eigenvalue weighted by Crippen LogP contribution is 2.56. The second-order valence-electron chi connectivity index (χ2n) is 53.4. The normalized spacial score (nSPS) is 14.9. The zero-order valence-electron chi connectivity index (χ0n) is 94.5. The molecule has 0 N–H and O–H groups in total. The first-order valence-corrected chi connectivity index (χ1v) is 55.5. The third-order valence-electron chi connectivity index (χ3n) is 33.2. The Kier molecular flexibility index (Phi) is 27.7. The molecule has 20 rings (SSSR count). The quantitative estimate of drug-likeness (QED) is 0.0951. The number of para-hydroxylation sites is 1. The molecule has 0 aliphatic heterocycles. The van der Waals surface area contributed by atoms with Crippen molar-refractivity contribution in [2.24, 2.45) is 0 Å². The Bertz CT molecular complexity index is 7580. The average Bonchev–Trinajstić information content (AvgIpc) is 1.57. The van der Waals surface area contributed by atoms with E-state index in [2.05, 4.69) is 543 Å². The summed E-state index contributed by atoms with van der Waals surface area (Å²) in [6.45, 7) is 65.8. The lowest BCUT2D eigenvalue weighted by Crippen LogP contribution is -2.17. The van der Waals surface area contributed by atoms with Gasteiger partial charge in [0.25, 0.3) is 0 Å². The van der Waals surface area contributed by atoms with E-state index in [0.29, 0.717) is 11.8 Å². The number of fused-ring (bicyclic) bond motifs is 6. The molecule has 2 heteroatoms. The zero-order valence-corrected chi connectivity index (χ0v) is 94.5. The molecule has 4 aliphatic carbocycles. The Balaban J connectivity index is 0.000000186. The molecule has 16 aromatic carbocycles. The van der Waals surface area contributed by atoms with E-state index in [0.717, 1.165) is 22.7 Å². The van der Waals surface area contributed by atoms with E-state index in [1.54, 1.807) is 0 Å². The summed E-state index contributed by atoms with van der Waals surface area (Å²) in [6, 6.07) is 132. The Morgan fingerprint density at radius 1 is 0.176 bits per heavy atom. The molecular weight excluding hydrogens is 1780 g/mol. The van der Waals surface area contributed by atoms with Crippen LogP contribution >= 0.6 is 0 Å². The van der Waals surface area contributed by atoms with Gasteiger partial charge in [-0.05, 0) is 355 Å². The first kappa shape index (κ1) is 104. The van der Waals surface area contributed by atoms with Crippen LogP contribution in [0.3, 0.4) is 0 Å². The van der Waals surface area contributed by atoms with Gasteiger partial charge in [0.05, 0.1) is 5.69 Å². The van der Waals surface area contributed by atoms with E-state index < -0.39 is 0 Å². The van der Waals surface area contributed by atoms with Gasteiger partial charge < -0.3 is 9.80 Å². The van der Waals surface area contributed by atoms with Crippen LogP contribution in [0.1, 0.15) is 348 Å². The maximum atomic E-state index is 2.54. The Hall–Kier alpha value is -12.9. The van der Waals surface area contributed by atoms with Gasteiger partial charge in [0.2, 0.25) is 0 Å².